The number of benzene rings is 1. The fourth-order valence-electron chi connectivity index (χ4n) is 1.35. The molecule has 0 amide bonds. The minimum atomic E-state index is 0.459. The third-order valence-corrected chi connectivity index (χ3v) is 3.33. The fourth-order valence-corrected chi connectivity index (χ4v) is 2.29. The van der Waals surface area contributed by atoms with Crippen LogP contribution in [0.5, 0.6) is 0 Å². The van der Waals surface area contributed by atoms with Crippen molar-refractivity contribution in [3.8, 4) is 12.1 Å². The van der Waals surface area contributed by atoms with Crippen molar-refractivity contribution in [3.05, 3.63) is 29.3 Å². The van der Waals surface area contributed by atoms with Crippen molar-refractivity contribution in [1.82, 2.24) is 0 Å². The Morgan fingerprint density at radius 2 is 1.88 bits per heavy atom. The van der Waals surface area contributed by atoms with Gasteiger partial charge in [-0.15, -0.1) is 11.8 Å². The molecular weight excluding hydrogens is 216 g/mol. The summed E-state index contributed by atoms with van der Waals surface area (Å²) in [7, 11) is 0. The zero-order valence-corrected chi connectivity index (χ0v) is 10.2. The summed E-state index contributed by atoms with van der Waals surface area (Å²) in [6.07, 6.45) is 3.66. The van der Waals surface area contributed by atoms with Gasteiger partial charge in [0.2, 0.25) is 0 Å². The molecule has 0 atom stereocenters. The van der Waals surface area contributed by atoms with E-state index >= 15 is 0 Å². The summed E-state index contributed by atoms with van der Waals surface area (Å²) in [5.74, 6) is 1.07. The molecule has 1 aromatic carbocycles. The maximum Gasteiger partial charge on any atom is 0.101 e. The second-order valence-electron chi connectivity index (χ2n) is 3.49. The second kappa shape index (κ2) is 6.93. The van der Waals surface area contributed by atoms with Gasteiger partial charge in [-0.1, -0.05) is 19.8 Å². The fraction of sp³-hybridized carbons (Fsp3) is 0.385. The van der Waals surface area contributed by atoms with E-state index in [-0.39, 0.29) is 0 Å². The first-order chi connectivity index (χ1) is 7.81. The van der Waals surface area contributed by atoms with Crippen molar-refractivity contribution in [2.75, 3.05) is 5.75 Å². The van der Waals surface area contributed by atoms with Crippen LogP contribution in [0.4, 0.5) is 0 Å². The minimum absolute atomic E-state index is 0.459. The quantitative estimate of drug-likeness (QED) is 0.572. The molecule has 0 spiro atoms. The molecule has 0 saturated heterocycles. The Bertz CT molecular complexity index is 427. The maximum atomic E-state index is 8.87. The van der Waals surface area contributed by atoms with Crippen LogP contribution in [-0.4, -0.2) is 5.75 Å². The molecule has 0 aliphatic carbocycles. The van der Waals surface area contributed by atoms with E-state index in [0.717, 1.165) is 10.6 Å². The van der Waals surface area contributed by atoms with Crippen molar-refractivity contribution in [1.29, 1.82) is 10.5 Å². The van der Waals surface area contributed by atoms with E-state index in [4.69, 9.17) is 10.5 Å². The lowest BCUT2D eigenvalue weighted by molar-refractivity contribution is 0.778. The van der Waals surface area contributed by atoms with E-state index in [1.54, 1.807) is 23.9 Å². The Kier molecular flexibility index (Phi) is 5.46. The van der Waals surface area contributed by atoms with Gasteiger partial charge in [0.15, 0.2) is 0 Å². The highest BCUT2D eigenvalue weighted by atomic mass is 32.2. The van der Waals surface area contributed by atoms with Gasteiger partial charge >= 0.3 is 0 Å². The summed E-state index contributed by atoms with van der Waals surface area (Å²) in [5, 5.41) is 17.7. The van der Waals surface area contributed by atoms with Gasteiger partial charge in [-0.2, -0.15) is 10.5 Å². The average Bonchev–Trinajstić information content (AvgIpc) is 2.34. The van der Waals surface area contributed by atoms with Crippen LogP contribution in [0.2, 0.25) is 0 Å². The van der Waals surface area contributed by atoms with Crippen LogP contribution in [0.25, 0.3) is 0 Å². The lowest BCUT2D eigenvalue weighted by Crippen LogP contribution is -1.85. The number of hydrogen-bond acceptors (Lipinski definition) is 3. The van der Waals surface area contributed by atoms with Gasteiger partial charge in [0.05, 0.1) is 11.1 Å². The number of unbranched alkanes of at least 4 members (excludes halogenated alkanes) is 2. The van der Waals surface area contributed by atoms with Crippen LogP contribution < -0.4 is 0 Å². The molecule has 2 nitrogen and oxygen atoms in total. The highest BCUT2D eigenvalue weighted by Gasteiger charge is 2.02. The molecule has 82 valence electrons. The standard InChI is InChI=1S/C13H14N2S/c1-2-3-4-7-16-13-6-5-11(9-14)12(8-13)10-15/h5-6,8H,2-4,7H2,1H3. The summed E-state index contributed by atoms with van der Waals surface area (Å²) < 4.78 is 0. The Balaban J connectivity index is 2.63. The van der Waals surface area contributed by atoms with Crippen LogP contribution in [0, 0.1) is 22.7 Å². The van der Waals surface area contributed by atoms with Crippen molar-refractivity contribution in [2.45, 2.75) is 31.1 Å². The predicted molar refractivity (Wildman–Crippen MR) is 66.1 cm³/mol. The molecule has 3 heteroatoms. The first-order valence-corrected chi connectivity index (χ1v) is 6.37. The molecule has 0 bridgehead atoms. The van der Waals surface area contributed by atoms with Gasteiger partial charge in [0.25, 0.3) is 0 Å². The van der Waals surface area contributed by atoms with Crippen molar-refractivity contribution >= 4 is 11.8 Å². The van der Waals surface area contributed by atoms with Gasteiger partial charge in [0, 0.05) is 4.90 Å². The zero-order valence-electron chi connectivity index (χ0n) is 9.36. The Morgan fingerprint density at radius 1 is 1.12 bits per heavy atom. The van der Waals surface area contributed by atoms with Crippen LogP contribution in [-0.2, 0) is 0 Å². The first-order valence-electron chi connectivity index (χ1n) is 5.39. The molecule has 0 fully saturated rings. The monoisotopic (exact) mass is 230 g/mol. The van der Waals surface area contributed by atoms with Crippen LogP contribution in [0.1, 0.15) is 37.3 Å². The predicted octanol–water partition coefficient (Wildman–Crippen LogP) is 3.71. The lowest BCUT2D eigenvalue weighted by atomic mass is 10.1. The van der Waals surface area contributed by atoms with E-state index in [0.29, 0.717) is 11.1 Å². The molecule has 16 heavy (non-hydrogen) atoms. The first kappa shape index (κ1) is 12.6. The molecule has 1 aromatic rings. The molecule has 0 radical (unpaired) electrons. The zero-order chi connectivity index (χ0) is 11.8. The number of hydrogen-bond donors (Lipinski definition) is 0. The largest absolute Gasteiger partial charge is 0.192 e. The highest BCUT2D eigenvalue weighted by molar-refractivity contribution is 7.99. The summed E-state index contributed by atoms with van der Waals surface area (Å²) in [5.41, 5.74) is 0.934. The molecule has 1 rings (SSSR count). The number of nitriles is 2. The van der Waals surface area contributed by atoms with E-state index in [9.17, 15) is 0 Å². The van der Waals surface area contributed by atoms with Crippen LogP contribution in [0.15, 0.2) is 23.1 Å². The van der Waals surface area contributed by atoms with E-state index in [1.165, 1.54) is 19.3 Å². The molecule has 0 N–H and O–H groups in total. The Hall–Kier alpha value is -1.45. The molecule has 0 aliphatic rings. The molecule has 0 unspecified atom stereocenters. The summed E-state index contributed by atoms with van der Waals surface area (Å²) in [6.45, 7) is 2.18. The van der Waals surface area contributed by atoms with Crippen LogP contribution >= 0.6 is 11.8 Å². The SMILES string of the molecule is CCCCCSc1ccc(C#N)c(C#N)c1. The summed E-state index contributed by atoms with van der Waals surface area (Å²) in [6, 6.07) is 9.51. The molecule has 0 saturated carbocycles. The average molecular weight is 230 g/mol. The van der Waals surface area contributed by atoms with Gasteiger partial charge in [-0.25, -0.2) is 0 Å². The van der Waals surface area contributed by atoms with Gasteiger partial charge < -0.3 is 0 Å². The third kappa shape index (κ3) is 3.61. The van der Waals surface area contributed by atoms with E-state index in [2.05, 4.69) is 13.0 Å². The normalized spacial score (nSPS) is 9.44. The van der Waals surface area contributed by atoms with Crippen molar-refractivity contribution in [3.63, 3.8) is 0 Å². The molecule has 0 aromatic heterocycles. The Morgan fingerprint density at radius 3 is 2.50 bits per heavy atom. The van der Waals surface area contributed by atoms with E-state index in [1.807, 2.05) is 12.1 Å². The smallest absolute Gasteiger partial charge is 0.101 e. The Labute approximate surface area is 101 Å². The molecule has 0 aliphatic heterocycles. The van der Waals surface area contributed by atoms with Crippen LogP contribution in [0.3, 0.4) is 0 Å². The van der Waals surface area contributed by atoms with Gasteiger partial charge in [0.1, 0.15) is 12.1 Å². The maximum absolute atomic E-state index is 8.87. The minimum Gasteiger partial charge on any atom is -0.192 e. The van der Waals surface area contributed by atoms with E-state index < -0.39 is 0 Å². The van der Waals surface area contributed by atoms with Crippen molar-refractivity contribution in [2.24, 2.45) is 0 Å². The molecule has 0 heterocycles. The summed E-state index contributed by atoms with van der Waals surface area (Å²) in [4.78, 5) is 1.08. The van der Waals surface area contributed by atoms with Gasteiger partial charge in [-0.3, -0.25) is 0 Å². The number of nitrogens with zero attached hydrogens (tertiary/aromatic N) is 2. The topological polar surface area (TPSA) is 47.6 Å². The highest BCUT2D eigenvalue weighted by Crippen LogP contribution is 2.22. The summed E-state index contributed by atoms with van der Waals surface area (Å²) >= 11 is 1.75. The van der Waals surface area contributed by atoms with Gasteiger partial charge in [-0.05, 0) is 30.4 Å². The second-order valence-corrected chi connectivity index (χ2v) is 4.65. The number of rotatable bonds is 5. The number of thioether (sulfide) groups is 1. The van der Waals surface area contributed by atoms with Crippen molar-refractivity contribution < 1.29 is 0 Å². The third-order valence-electron chi connectivity index (χ3n) is 2.25. The molecular formula is C13H14N2S. The lowest BCUT2D eigenvalue weighted by Gasteiger charge is -2.02.